The molecule has 0 saturated carbocycles. The van der Waals surface area contributed by atoms with Gasteiger partial charge in [0.15, 0.2) is 11.5 Å². The average molecular weight is 461 g/mol. The number of methoxy groups -OCH3 is 2. The maximum atomic E-state index is 12.4. The van der Waals surface area contributed by atoms with Gasteiger partial charge in [-0.05, 0) is 67.1 Å². The smallest absolute Gasteiger partial charge is 0.343 e. The number of hydrogen-bond acceptors (Lipinski definition) is 7. The molecule has 0 radical (unpaired) electrons. The van der Waals surface area contributed by atoms with Gasteiger partial charge in [0, 0.05) is 5.69 Å². The van der Waals surface area contributed by atoms with Crippen molar-refractivity contribution < 1.29 is 28.6 Å². The van der Waals surface area contributed by atoms with Gasteiger partial charge in [0.05, 0.1) is 26.0 Å². The number of carbonyl (C=O) groups is 3. The number of anilines is 1. The summed E-state index contributed by atoms with van der Waals surface area (Å²) >= 11 is 0. The van der Waals surface area contributed by atoms with E-state index >= 15 is 0 Å². The molecule has 0 fully saturated rings. The van der Waals surface area contributed by atoms with Gasteiger partial charge in [-0.3, -0.25) is 9.59 Å². The van der Waals surface area contributed by atoms with Crippen molar-refractivity contribution >= 4 is 29.7 Å². The number of hydrazone groups is 1. The van der Waals surface area contributed by atoms with Crippen LogP contribution in [-0.4, -0.2) is 38.2 Å². The Labute approximate surface area is 196 Å². The van der Waals surface area contributed by atoms with Crippen molar-refractivity contribution in [2.24, 2.45) is 5.10 Å². The van der Waals surface area contributed by atoms with Crippen molar-refractivity contribution in [1.29, 1.82) is 0 Å². The molecule has 0 aliphatic carbocycles. The number of hydrogen-bond donors (Lipinski definition) is 2. The van der Waals surface area contributed by atoms with Crippen LogP contribution in [-0.2, 0) is 9.59 Å². The molecule has 9 heteroatoms. The Kier molecular flexibility index (Phi) is 7.96. The lowest BCUT2D eigenvalue weighted by Gasteiger charge is -2.10. The van der Waals surface area contributed by atoms with Gasteiger partial charge in [-0.15, -0.1) is 0 Å². The zero-order valence-corrected chi connectivity index (χ0v) is 18.8. The minimum absolute atomic E-state index is 0.230. The van der Waals surface area contributed by atoms with Crippen LogP contribution in [0, 0.1) is 6.92 Å². The maximum Gasteiger partial charge on any atom is 0.343 e. The lowest BCUT2D eigenvalue weighted by atomic mass is 10.1. The maximum absolute atomic E-state index is 12.4. The molecule has 0 atom stereocenters. The number of amides is 2. The average Bonchev–Trinajstić information content (AvgIpc) is 2.85. The summed E-state index contributed by atoms with van der Waals surface area (Å²) in [5, 5.41) is 6.24. The molecule has 0 bridgehead atoms. The second kappa shape index (κ2) is 11.3. The van der Waals surface area contributed by atoms with E-state index in [0.29, 0.717) is 28.3 Å². The molecule has 0 unspecified atom stereocenters. The number of esters is 1. The highest BCUT2D eigenvalue weighted by Gasteiger charge is 2.14. The summed E-state index contributed by atoms with van der Waals surface area (Å²) in [6.07, 6.45) is 1.33. The minimum atomic E-state index is -0.942. The van der Waals surface area contributed by atoms with E-state index in [2.05, 4.69) is 15.8 Å². The molecule has 0 spiro atoms. The van der Waals surface area contributed by atoms with Crippen LogP contribution in [0.3, 0.4) is 0 Å². The predicted octanol–water partition coefficient (Wildman–Crippen LogP) is 3.32. The van der Waals surface area contributed by atoms with Gasteiger partial charge in [-0.2, -0.15) is 5.10 Å². The Morgan fingerprint density at radius 2 is 1.53 bits per heavy atom. The van der Waals surface area contributed by atoms with Gasteiger partial charge in [0.25, 0.3) is 0 Å². The second-order valence-corrected chi connectivity index (χ2v) is 7.05. The fourth-order valence-electron chi connectivity index (χ4n) is 2.78. The number of aryl methyl sites for hydroxylation is 1. The third kappa shape index (κ3) is 6.42. The Hall–Kier alpha value is -4.66. The fraction of sp³-hybridized carbons (Fsp3) is 0.120. The van der Waals surface area contributed by atoms with Gasteiger partial charge in [-0.25, -0.2) is 10.2 Å². The first kappa shape index (κ1) is 24.0. The summed E-state index contributed by atoms with van der Waals surface area (Å²) in [7, 11) is 2.96. The Morgan fingerprint density at radius 3 is 2.18 bits per heavy atom. The number of ether oxygens (including phenoxy) is 3. The SMILES string of the molecule is COc1ccc(NC(=O)C(=O)NN=Cc2ccc(OC(=O)c3ccc(C)cc3)c(OC)c2)cc1. The van der Waals surface area contributed by atoms with Crippen molar-refractivity contribution in [2.75, 3.05) is 19.5 Å². The van der Waals surface area contributed by atoms with E-state index in [1.54, 1.807) is 54.6 Å². The number of benzene rings is 3. The van der Waals surface area contributed by atoms with Crippen LogP contribution in [0.4, 0.5) is 5.69 Å². The summed E-state index contributed by atoms with van der Waals surface area (Å²) in [5.74, 6) is -1.18. The van der Waals surface area contributed by atoms with Crippen molar-refractivity contribution in [1.82, 2.24) is 5.43 Å². The fourth-order valence-corrected chi connectivity index (χ4v) is 2.78. The topological polar surface area (TPSA) is 115 Å². The summed E-state index contributed by atoms with van der Waals surface area (Å²) in [4.78, 5) is 36.3. The number of nitrogens with one attached hydrogen (secondary N) is 2. The van der Waals surface area contributed by atoms with Gasteiger partial charge in [0.1, 0.15) is 5.75 Å². The Balaban J connectivity index is 1.58. The van der Waals surface area contributed by atoms with E-state index in [1.807, 2.05) is 19.1 Å². The molecule has 0 aromatic heterocycles. The summed E-state index contributed by atoms with van der Waals surface area (Å²) in [5.41, 5.74) is 4.57. The van der Waals surface area contributed by atoms with E-state index in [9.17, 15) is 14.4 Å². The van der Waals surface area contributed by atoms with Crippen molar-refractivity contribution in [3.05, 3.63) is 83.4 Å². The van der Waals surface area contributed by atoms with E-state index in [0.717, 1.165) is 5.56 Å². The Morgan fingerprint density at radius 1 is 0.824 bits per heavy atom. The molecule has 3 rings (SSSR count). The standard InChI is InChI=1S/C25H23N3O6/c1-16-4-7-18(8-5-16)25(31)34-21-13-6-17(14-22(21)33-3)15-26-28-24(30)23(29)27-19-9-11-20(32-2)12-10-19/h4-15H,1-3H3,(H,27,29)(H,28,30). The van der Waals surface area contributed by atoms with Gasteiger partial charge in [-0.1, -0.05) is 17.7 Å². The molecular weight excluding hydrogens is 438 g/mol. The summed E-state index contributed by atoms with van der Waals surface area (Å²) in [6, 6.07) is 18.2. The summed E-state index contributed by atoms with van der Waals surface area (Å²) < 4.78 is 15.8. The highest BCUT2D eigenvalue weighted by molar-refractivity contribution is 6.39. The normalized spacial score (nSPS) is 10.4. The van der Waals surface area contributed by atoms with Crippen molar-refractivity contribution in [2.45, 2.75) is 6.92 Å². The van der Waals surface area contributed by atoms with E-state index in [-0.39, 0.29) is 5.75 Å². The molecule has 0 aliphatic heterocycles. The quantitative estimate of drug-likeness (QED) is 0.183. The molecule has 9 nitrogen and oxygen atoms in total. The van der Waals surface area contributed by atoms with Crippen LogP contribution in [0.5, 0.6) is 17.2 Å². The van der Waals surface area contributed by atoms with Gasteiger partial charge < -0.3 is 19.5 Å². The molecular formula is C25H23N3O6. The van der Waals surface area contributed by atoms with Crippen LogP contribution < -0.4 is 25.0 Å². The third-order valence-electron chi connectivity index (χ3n) is 4.61. The lowest BCUT2D eigenvalue weighted by molar-refractivity contribution is -0.136. The van der Waals surface area contributed by atoms with Crippen LogP contribution in [0.1, 0.15) is 21.5 Å². The molecule has 0 aliphatic rings. The highest BCUT2D eigenvalue weighted by Crippen LogP contribution is 2.28. The number of nitrogens with zero attached hydrogens (tertiary/aromatic N) is 1. The molecule has 34 heavy (non-hydrogen) atoms. The second-order valence-electron chi connectivity index (χ2n) is 7.05. The number of rotatable bonds is 7. The molecule has 2 amide bonds. The highest BCUT2D eigenvalue weighted by atomic mass is 16.6. The molecule has 0 saturated heterocycles. The zero-order valence-electron chi connectivity index (χ0n) is 18.8. The van der Waals surface area contributed by atoms with Crippen molar-refractivity contribution in [3.8, 4) is 17.2 Å². The first-order chi connectivity index (χ1) is 16.4. The zero-order chi connectivity index (χ0) is 24.5. The molecule has 2 N–H and O–H groups in total. The first-order valence-corrected chi connectivity index (χ1v) is 10.1. The van der Waals surface area contributed by atoms with Crippen LogP contribution in [0.25, 0.3) is 0 Å². The largest absolute Gasteiger partial charge is 0.497 e. The molecule has 3 aromatic carbocycles. The monoisotopic (exact) mass is 461 g/mol. The van der Waals surface area contributed by atoms with E-state index in [1.165, 1.54) is 20.4 Å². The molecule has 174 valence electrons. The Bertz CT molecular complexity index is 1200. The van der Waals surface area contributed by atoms with Crippen molar-refractivity contribution in [3.63, 3.8) is 0 Å². The third-order valence-corrected chi connectivity index (χ3v) is 4.61. The van der Waals surface area contributed by atoms with Crippen LogP contribution in [0.15, 0.2) is 71.8 Å². The molecule has 0 heterocycles. The van der Waals surface area contributed by atoms with E-state index < -0.39 is 17.8 Å². The van der Waals surface area contributed by atoms with E-state index in [4.69, 9.17) is 14.2 Å². The number of carbonyl (C=O) groups excluding carboxylic acids is 3. The molecule has 3 aromatic rings. The van der Waals surface area contributed by atoms with Gasteiger partial charge in [0.2, 0.25) is 0 Å². The van der Waals surface area contributed by atoms with Crippen LogP contribution in [0.2, 0.25) is 0 Å². The summed E-state index contributed by atoms with van der Waals surface area (Å²) in [6.45, 7) is 1.92. The van der Waals surface area contributed by atoms with Gasteiger partial charge >= 0.3 is 17.8 Å². The van der Waals surface area contributed by atoms with Crippen LogP contribution >= 0.6 is 0 Å². The lowest BCUT2D eigenvalue weighted by Crippen LogP contribution is -2.32. The predicted molar refractivity (Wildman–Crippen MR) is 126 cm³/mol. The first-order valence-electron chi connectivity index (χ1n) is 10.1. The minimum Gasteiger partial charge on any atom is -0.497 e.